The van der Waals surface area contributed by atoms with Gasteiger partial charge >= 0.3 is 0 Å². The van der Waals surface area contributed by atoms with Crippen molar-refractivity contribution in [2.75, 3.05) is 14.2 Å². The fourth-order valence-electron chi connectivity index (χ4n) is 2.32. The van der Waals surface area contributed by atoms with Crippen LogP contribution in [0.25, 0.3) is 0 Å². The van der Waals surface area contributed by atoms with E-state index in [1.807, 2.05) is 6.07 Å². The second-order valence-electron chi connectivity index (χ2n) is 5.50. The molecular weight excluding hydrogens is 264 g/mol. The van der Waals surface area contributed by atoms with Gasteiger partial charge in [-0.1, -0.05) is 49.6 Å². The molecule has 3 nitrogen and oxygen atoms in total. The van der Waals surface area contributed by atoms with Gasteiger partial charge in [0.25, 0.3) is 0 Å². The highest BCUT2D eigenvalue weighted by molar-refractivity contribution is 5.13. The summed E-state index contributed by atoms with van der Waals surface area (Å²) in [5.41, 5.74) is 1.24. The van der Waals surface area contributed by atoms with Crippen LogP contribution in [0.5, 0.6) is 0 Å². The molecule has 0 fully saturated rings. The van der Waals surface area contributed by atoms with Gasteiger partial charge in [-0.15, -0.1) is 0 Å². The molecule has 1 unspecified atom stereocenters. The van der Waals surface area contributed by atoms with Crippen LogP contribution in [0.1, 0.15) is 51.0 Å². The summed E-state index contributed by atoms with van der Waals surface area (Å²) in [5, 5.41) is 0. The third-order valence-electron chi connectivity index (χ3n) is 3.70. The molecule has 0 aromatic heterocycles. The van der Waals surface area contributed by atoms with E-state index in [-0.39, 0.29) is 6.29 Å². The van der Waals surface area contributed by atoms with Gasteiger partial charge in [0, 0.05) is 14.2 Å². The van der Waals surface area contributed by atoms with Gasteiger partial charge in [-0.25, -0.2) is 0 Å². The van der Waals surface area contributed by atoms with Crippen molar-refractivity contribution in [3.63, 3.8) is 0 Å². The van der Waals surface area contributed by atoms with Gasteiger partial charge < -0.3 is 14.2 Å². The summed E-state index contributed by atoms with van der Waals surface area (Å²) in [6, 6.07) is 10.3. The van der Waals surface area contributed by atoms with Gasteiger partial charge in [-0.3, -0.25) is 0 Å². The second-order valence-corrected chi connectivity index (χ2v) is 5.50. The fraction of sp³-hybridized carbons (Fsp3) is 0.667. The number of methoxy groups -OCH3 is 2. The van der Waals surface area contributed by atoms with Crippen molar-refractivity contribution in [3.8, 4) is 0 Å². The average Bonchev–Trinajstić information content (AvgIpc) is 2.53. The first-order chi connectivity index (χ1) is 10.3. The number of benzene rings is 1. The molecule has 0 amide bonds. The molecule has 0 saturated carbocycles. The Balaban J connectivity index is 1.97. The van der Waals surface area contributed by atoms with Crippen LogP contribution in [0.15, 0.2) is 30.3 Å². The molecule has 1 aromatic carbocycles. The minimum atomic E-state index is -0.0434. The number of hydrogen-bond acceptors (Lipinski definition) is 3. The molecule has 0 aliphatic carbocycles. The van der Waals surface area contributed by atoms with Gasteiger partial charge in [0.15, 0.2) is 6.29 Å². The maximum atomic E-state index is 5.87. The Morgan fingerprint density at radius 2 is 1.48 bits per heavy atom. The highest BCUT2D eigenvalue weighted by Gasteiger charge is 2.05. The van der Waals surface area contributed by atoms with Crippen LogP contribution in [0.3, 0.4) is 0 Å². The molecule has 3 heteroatoms. The van der Waals surface area contributed by atoms with Crippen LogP contribution in [-0.4, -0.2) is 26.6 Å². The smallest absolute Gasteiger partial charge is 0.156 e. The van der Waals surface area contributed by atoms with Crippen LogP contribution in [0.4, 0.5) is 0 Å². The molecule has 0 aliphatic heterocycles. The van der Waals surface area contributed by atoms with E-state index in [0.29, 0.717) is 12.7 Å². The van der Waals surface area contributed by atoms with E-state index < -0.39 is 0 Å². The summed E-state index contributed by atoms with van der Waals surface area (Å²) in [4.78, 5) is 0. The molecule has 0 heterocycles. The highest BCUT2D eigenvalue weighted by atomic mass is 16.7. The predicted octanol–water partition coefficient (Wildman–Crippen LogP) is 4.55. The Morgan fingerprint density at radius 3 is 2.10 bits per heavy atom. The number of rotatable bonds is 12. The first-order valence-corrected chi connectivity index (χ1v) is 7.97. The van der Waals surface area contributed by atoms with Gasteiger partial charge in [-0.05, 0) is 31.7 Å². The van der Waals surface area contributed by atoms with E-state index >= 15 is 0 Å². The zero-order valence-electron chi connectivity index (χ0n) is 13.7. The molecule has 0 spiro atoms. The van der Waals surface area contributed by atoms with E-state index in [2.05, 4.69) is 31.2 Å². The number of ether oxygens (including phenoxy) is 3. The highest BCUT2D eigenvalue weighted by Crippen LogP contribution is 2.13. The monoisotopic (exact) mass is 294 g/mol. The second kappa shape index (κ2) is 11.7. The Kier molecular flexibility index (Phi) is 10.1. The molecule has 21 heavy (non-hydrogen) atoms. The van der Waals surface area contributed by atoms with Crippen LogP contribution in [-0.2, 0) is 20.8 Å². The quantitative estimate of drug-likeness (QED) is 0.418. The molecule has 1 aromatic rings. The van der Waals surface area contributed by atoms with Crippen molar-refractivity contribution in [3.05, 3.63) is 35.9 Å². The Morgan fingerprint density at radius 1 is 0.857 bits per heavy atom. The van der Waals surface area contributed by atoms with Crippen molar-refractivity contribution in [2.45, 2.75) is 64.4 Å². The SMILES string of the molecule is COC(CCCCCCC(C)OCc1ccccc1)OC. The first kappa shape index (κ1) is 18.1. The standard InChI is InChI=1S/C18H30O3/c1-16(21-15-17-12-8-6-9-13-17)11-7-4-5-10-14-18(19-2)20-3/h6,8-9,12-13,16,18H,4-5,7,10-11,14-15H2,1-3H3. The maximum Gasteiger partial charge on any atom is 0.156 e. The molecule has 120 valence electrons. The van der Waals surface area contributed by atoms with E-state index in [9.17, 15) is 0 Å². The third-order valence-corrected chi connectivity index (χ3v) is 3.70. The summed E-state index contributed by atoms with van der Waals surface area (Å²) in [5.74, 6) is 0. The Bertz CT molecular complexity index is 336. The topological polar surface area (TPSA) is 27.7 Å². The molecule has 0 N–H and O–H groups in total. The minimum Gasteiger partial charge on any atom is -0.374 e. The van der Waals surface area contributed by atoms with Gasteiger partial charge in [0.05, 0.1) is 12.7 Å². The molecule has 1 rings (SSSR count). The van der Waals surface area contributed by atoms with Crippen molar-refractivity contribution in [2.24, 2.45) is 0 Å². The van der Waals surface area contributed by atoms with E-state index in [4.69, 9.17) is 14.2 Å². The van der Waals surface area contributed by atoms with Gasteiger partial charge in [0.2, 0.25) is 0 Å². The van der Waals surface area contributed by atoms with Crippen molar-refractivity contribution < 1.29 is 14.2 Å². The number of unbranched alkanes of at least 4 members (excludes halogenated alkanes) is 3. The minimum absolute atomic E-state index is 0.0434. The number of hydrogen-bond donors (Lipinski definition) is 0. The lowest BCUT2D eigenvalue weighted by molar-refractivity contribution is -0.107. The van der Waals surface area contributed by atoms with Crippen LogP contribution in [0.2, 0.25) is 0 Å². The lowest BCUT2D eigenvalue weighted by Crippen LogP contribution is -2.12. The Labute approximate surface area is 129 Å². The molecule has 0 saturated heterocycles. The molecule has 0 aliphatic rings. The van der Waals surface area contributed by atoms with E-state index in [1.165, 1.54) is 24.8 Å². The normalized spacial score (nSPS) is 12.8. The summed E-state index contributed by atoms with van der Waals surface area (Å²) >= 11 is 0. The molecule has 0 bridgehead atoms. The van der Waals surface area contributed by atoms with Gasteiger partial charge in [-0.2, -0.15) is 0 Å². The van der Waals surface area contributed by atoms with Crippen LogP contribution >= 0.6 is 0 Å². The van der Waals surface area contributed by atoms with Crippen molar-refractivity contribution in [1.29, 1.82) is 0 Å². The zero-order chi connectivity index (χ0) is 15.3. The summed E-state index contributed by atoms with van der Waals surface area (Å²) in [7, 11) is 3.39. The first-order valence-electron chi connectivity index (χ1n) is 7.97. The molecular formula is C18H30O3. The van der Waals surface area contributed by atoms with Crippen molar-refractivity contribution >= 4 is 0 Å². The third kappa shape index (κ3) is 8.86. The molecule has 1 atom stereocenters. The summed E-state index contributed by atoms with van der Waals surface area (Å²) in [6.45, 7) is 2.88. The zero-order valence-corrected chi connectivity index (χ0v) is 13.7. The fourth-order valence-corrected chi connectivity index (χ4v) is 2.32. The van der Waals surface area contributed by atoms with Gasteiger partial charge in [0.1, 0.15) is 0 Å². The van der Waals surface area contributed by atoms with Crippen LogP contribution < -0.4 is 0 Å². The summed E-state index contributed by atoms with van der Waals surface area (Å²) in [6.07, 6.45) is 7.26. The van der Waals surface area contributed by atoms with Crippen molar-refractivity contribution in [1.82, 2.24) is 0 Å². The maximum absolute atomic E-state index is 5.87. The van der Waals surface area contributed by atoms with E-state index in [1.54, 1.807) is 14.2 Å². The largest absolute Gasteiger partial charge is 0.374 e. The van der Waals surface area contributed by atoms with E-state index in [0.717, 1.165) is 19.3 Å². The average molecular weight is 294 g/mol. The molecule has 0 radical (unpaired) electrons. The van der Waals surface area contributed by atoms with Crippen LogP contribution in [0, 0.1) is 0 Å². The Hall–Kier alpha value is -0.900. The lowest BCUT2D eigenvalue weighted by atomic mass is 10.1. The summed E-state index contributed by atoms with van der Waals surface area (Å²) < 4.78 is 16.2. The lowest BCUT2D eigenvalue weighted by Gasteiger charge is -2.14. The predicted molar refractivity (Wildman–Crippen MR) is 86.2 cm³/mol.